The summed E-state index contributed by atoms with van der Waals surface area (Å²) >= 11 is 0. The van der Waals surface area contributed by atoms with Gasteiger partial charge in [0.2, 0.25) is 0 Å². The second kappa shape index (κ2) is 3.73. The van der Waals surface area contributed by atoms with E-state index in [0.29, 0.717) is 0 Å². The van der Waals surface area contributed by atoms with Crippen molar-refractivity contribution in [3.63, 3.8) is 0 Å². The molecule has 6 N–H and O–H groups in total. The first-order valence-corrected chi connectivity index (χ1v) is 5.83. The highest BCUT2D eigenvalue weighted by Gasteiger charge is 2.40. The number of hydrogen-bond donors (Lipinski definition) is 4. The van der Waals surface area contributed by atoms with Gasteiger partial charge in [-0.1, -0.05) is 0 Å². The molecule has 1 aliphatic heterocycles. The van der Waals surface area contributed by atoms with Crippen molar-refractivity contribution < 1.29 is 21.9 Å². The Balaban J connectivity index is 2.26. The Morgan fingerprint density at radius 2 is 2.12 bits per heavy atom. The molecule has 1 unspecified atom stereocenters. The molecule has 0 aromatic carbocycles. The summed E-state index contributed by atoms with van der Waals surface area (Å²) in [5.74, 6) is -0.0248. The molecule has 96 valence electrons. The predicted octanol–water partition coefficient (Wildman–Crippen LogP) is -1.45. The zero-order valence-corrected chi connectivity index (χ0v) is 9.51. The minimum atomic E-state index is -3.95. The van der Waals surface area contributed by atoms with Gasteiger partial charge in [0.1, 0.15) is 11.9 Å². The number of nitrogen functional groups attached to an aromatic ring is 2. The standard InChI is InChI=1S/C6H11N5O5S/c1-2(12)9-3-4(7)10-11(5(3)8)6-15-17(13,14)16-6/h2,6,9,12H,8H2,1H3,(H2,7,10). The van der Waals surface area contributed by atoms with Crippen LogP contribution in [0.15, 0.2) is 0 Å². The van der Waals surface area contributed by atoms with Crippen LogP contribution in [0.4, 0.5) is 17.3 Å². The monoisotopic (exact) mass is 265 g/mol. The number of hydrogen-bond acceptors (Lipinski definition) is 9. The van der Waals surface area contributed by atoms with E-state index in [1.807, 2.05) is 0 Å². The van der Waals surface area contributed by atoms with Crippen LogP contribution in [0.3, 0.4) is 0 Å². The zero-order valence-electron chi connectivity index (χ0n) is 8.69. The molecular weight excluding hydrogens is 254 g/mol. The molecule has 17 heavy (non-hydrogen) atoms. The average Bonchev–Trinajstić information content (AvgIpc) is 2.41. The number of nitrogens with two attached hydrogens (primary N) is 2. The minimum absolute atomic E-state index is 0.0108. The predicted molar refractivity (Wildman–Crippen MR) is 56.5 cm³/mol. The molecule has 1 saturated heterocycles. The summed E-state index contributed by atoms with van der Waals surface area (Å²) in [6.07, 6.45) is -2.17. The van der Waals surface area contributed by atoms with Gasteiger partial charge in [-0.05, 0) is 6.92 Å². The molecule has 0 aliphatic carbocycles. The fourth-order valence-electron chi connectivity index (χ4n) is 1.27. The second-order valence-electron chi connectivity index (χ2n) is 3.32. The molecule has 0 radical (unpaired) electrons. The summed E-state index contributed by atoms with van der Waals surface area (Å²) in [7, 11) is -3.95. The molecule has 1 atom stereocenters. The van der Waals surface area contributed by atoms with E-state index in [4.69, 9.17) is 16.6 Å². The van der Waals surface area contributed by atoms with Crippen LogP contribution in [0.5, 0.6) is 0 Å². The van der Waals surface area contributed by atoms with E-state index in [1.54, 1.807) is 0 Å². The number of nitrogens with zero attached hydrogens (tertiary/aromatic N) is 2. The smallest absolute Gasteiger partial charge is 0.382 e. The third-order valence-electron chi connectivity index (χ3n) is 1.93. The summed E-state index contributed by atoms with van der Waals surface area (Å²) in [6.45, 7) is 1.46. The lowest BCUT2D eigenvalue weighted by Gasteiger charge is -2.25. The van der Waals surface area contributed by atoms with Crippen LogP contribution < -0.4 is 16.8 Å². The molecule has 0 amide bonds. The number of rotatable bonds is 3. The molecule has 1 aromatic rings. The summed E-state index contributed by atoms with van der Waals surface area (Å²) in [5.41, 5.74) is 11.3. The van der Waals surface area contributed by atoms with Crippen LogP contribution in [0.25, 0.3) is 0 Å². The number of nitrogens with one attached hydrogen (secondary N) is 1. The largest absolute Gasteiger partial charge is 0.407 e. The van der Waals surface area contributed by atoms with Gasteiger partial charge in [-0.3, -0.25) is 0 Å². The molecule has 0 spiro atoms. The number of aliphatic hydroxyl groups excluding tert-OH is 1. The Bertz CT molecular complexity index is 525. The third-order valence-corrected chi connectivity index (χ3v) is 2.73. The fourth-order valence-corrected chi connectivity index (χ4v) is 1.85. The van der Waals surface area contributed by atoms with Crippen molar-refractivity contribution in [3.8, 4) is 0 Å². The maximum atomic E-state index is 10.6. The van der Waals surface area contributed by atoms with E-state index in [9.17, 15) is 8.42 Å². The minimum Gasteiger partial charge on any atom is -0.382 e. The van der Waals surface area contributed by atoms with E-state index >= 15 is 0 Å². The second-order valence-corrected chi connectivity index (χ2v) is 4.52. The van der Waals surface area contributed by atoms with E-state index in [2.05, 4.69) is 18.8 Å². The molecule has 1 fully saturated rings. The van der Waals surface area contributed by atoms with E-state index in [0.717, 1.165) is 4.68 Å². The van der Waals surface area contributed by atoms with Crippen molar-refractivity contribution in [2.75, 3.05) is 16.8 Å². The lowest BCUT2D eigenvalue weighted by Crippen LogP contribution is -2.34. The van der Waals surface area contributed by atoms with Crippen molar-refractivity contribution >= 4 is 27.7 Å². The molecular formula is C6H11N5O5S. The third kappa shape index (κ3) is 2.12. The molecule has 0 saturated carbocycles. The highest BCUT2D eigenvalue weighted by atomic mass is 32.3. The number of anilines is 3. The van der Waals surface area contributed by atoms with E-state index in [1.165, 1.54) is 6.92 Å². The van der Waals surface area contributed by atoms with Crippen LogP contribution in [-0.4, -0.2) is 29.5 Å². The fraction of sp³-hybridized carbons (Fsp3) is 0.500. The topological polar surface area (TPSA) is 155 Å². The van der Waals surface area contributed by atoms with E-state index < -0.39 is 23.0 Å². The number of aromatic nitrogens is 2. The van der Waals surface area contributed by atoms with Crippen molar-refractivity contribution in [2.24, 2.45) is 0 Å². The van der Waals surface area contributed by atoms with Gasteiger partial charge in [0, 0.05) is 0 Å². The molecule has 2 heterocycles. The molecule has 1 aliphatic rings. The van der Waals surface area contributed by atoms with Crippen molar-refractivity contribution in [1.82, 2.24) is 9.78 Å². The first-order valence-electron chi connectivity index (χ1n) is 4.50. The highest BCUT2D eigenvalue weighted by Crippen LogP contribution is 2.35. The zero-order chi connectivity index (χ0) is 12.8. The van der Waals surface area contributed by atoms with Crippen molar-refractivity contribution in [1.29, 1.82) is 0 Å². The van der Waals surface area contributed by atoms with Gasteiger partial charge in [0.25, 0.3) is 6.41 Å². The van der Waals surface area contributed by atoms with Gasteiger partial charge in [0.05, 0.1) is 0 Å². The maximum Gasteiger partial charge on any atom is 0.407 e. The summed E-state index contributed by atoms with van der Waals surface area (Å²) < 4.78 is 31.0. The van der Waals surface area contributed by atoms with Gasteiger partial charge >= 0.3 is 10.4 Å². The normalized spacial score (nSPS) is 20.8. The summed E-state index contributed by atoms with van der Waals surface area (Å²) in [5, 5.41) is 15.4. The van der Waals surface area contributed by atoms with Crippen molar-refractivity contribution in [3.05, 3.63) is 0 Å². The lowest BCUT2D eigenvalue weighted by molar-refractivity contribution is -0.140. The summed E-state index contributed by atoms with van der Waals surface area (Å²) in [6, 6.07) is 0. The Morgan fingerprint density at radius 3 is 2.59 bits per heavy atom. The average molecular weight is 265 g/mol. The first-order chi connectivity index (χ1) is 7.80. The number of aliphatic hydroxyl groups is 1. The van der Waals surface area contributed by atoms with Crippen LogP contribution in [0, 0.1) is 0 Å². The van der Waals surface area contributed by atoms with Crippen molar-refractivity contribution in [2.45, 2.75) is 19.6 Å². The van der Waals surface area contributed by atoms with Gasteiger partial charge in [0.15, 0.2) is 11.6 Å². The molecule has 1 aromatic heterocycles. The molecule has 0 bridgehead atoms. The van der Waals surface area contributed by atoms with Gasteiger partial charge < -0.3 is 21.9 Å². The lowest BCUT2D eigenvalue weighted by atomic mass is 10.4. The Kier molecular flexibility index (Phi) is 2.61. The van der Waals surface area contributed by atoms with Crippen LogP contribution >= 0.6 is 0 Å². The Hall–Kier alpha value is -1.56. The Labute approximate surface area is 96.4 Å². The first kappa shape index (κ1) is 11.9. The molecule has 10 nitrogen and oxygen atoms in total. The highest BCUT2D eigenvalue weighted by molar-refractivity contribution is 7.82. The molecule has 11 heteroatoms. The quantitative estimate of drug-likeness (QED) is 0.480. The van der Waals surface area contributed by atoms with Crippen LogP contribution in [0.2, 0.25) is 0 Å². The van der Waals surface area contributed by atoms with Crippen LogP contribution in [-0.2, 0) is 18.8 Å². The van der Waals surface area contributed by atoms with Crippen LogP contribution in [0.1, 0.15) is 13.3 Å². The van der Waals surface area contributed by atoms with Gasteiger partial charge in [-0.15, -0.1) is 5.10 Å². The maximum absolute atomic E-state index is 10.6. The SMILES string of the molecule is CC(O)Nc1c(N)nn(C2OS(=O)(=O)O2)c1N. The van der Waals surface area contributed by atoms with E-state index in [-0.39, 0.29) is 17.3 Å². The molecule has 2 rings (SSSR count). The Morgan fingerprint density at radius 1 is 1.53 bits per heavy atom. The summed E-state index contributed by atoms with van der Waals surface area (Å²) in [4.78, 5) is 0. The van der Waals surface area contributed by atoms with Gasteiger partial charge in [-0.25, -0.2) is 0 Å². The van der Waals surface area contributed by atoms with Gasteiger partial charge in [-0.2, -0.15) is 21.5 Å².